The summed E-state index contributed by atoms with van der Waals surface area (Å²) in [5, 5.41) is 3.18. The molecule has 1 aromatic heterocycles. The van der Waals surface area contributed by atoms with Crippen LogP contribution in [0.3, 0.4) is 0 Å². The minimum Gasteiger partial charge on any atom is -0.389 e. The zero-order valence-corrected chi connectivity index (χ0v) is 13.9. The quantitative estimate of drug-likeness (QED) is 0.852. The maximum absolute atomic E-state index is 5.65. The number of rotatable bonds is 4. The zero-order valence-electron chi connectivity index (χ0n) is 10.7. The van der Waals surface area contributed by atoms with Gasteiger partial charge in [0.05, 0.1) is 17.2 Å². The molecule has 19 heavy (non-hydrogen) atoms. The van der Waals surface area contributed by atoms with Crippen LogP contribution in [0.1, 0.15) is 16.3 Å². The predicted octanol–water partition coefficient (Wildman–Crippen LogP) is 3.48. The lowest BCUT2D eigenvalue weighted by atomic mass is 10.2. The molecule has 0 aliphatic carbocycles. The zero-order chi connectivity index (χ0) is 14.0. The lowest BCUT2D eigenvalue weighted by molar-refractivity contribution is 0.890. The van der Waals surface area contributed by atoms with Gasteiger partial charge in [0.1, 0.15) is 4.99 Å². The first kappa shape index (κ1) is 14.4. The fourth-order valence-corrected chi connectivity index (χ4v) is 3.25. The van der Waals surface area contributed by atoms with E-state index in [9.17, 15) is 0 Å². The minimum absolute atomic E-state index is 0.399. The molecule has 0 spiro atoms. The van der Waals surface area contributed by atoms with Crippen LogP contribution in [0.4, 0.5) is 5.69 Å². The first-order valence-electron chi connectivity index (χ1n) is 5.69. The first-order valence-corrected chi connectivity index (χ1v) is 7.77. The Kier molecular flexibility index (Phi) is 4.54. The second kappa shape index (κ2) is 5.98. The molecule has 0 saturated carbocycles. The van der Waals surface area contributed by atoms with Crippen LogP contribution in [0, 0.1) is 6.92 Å². The summed E-state index contributed by atoms with van der Waals surface area (Å²) < 4.78 is 0.916. The molecule has 0 aliphatic heterocycles. The van der Waals surface area contributed by atoms with Crippen LogP contribution in [0.25, 0.3) is 0 Å². The molecule has 2 aromatic rings. The number of thiocarbonyl (C=S) groups is 1. The van der Waals surface area contributed by atoms with Crippen LogP contribution in [0.15, 0.2) is 28.1 Å². The molecular formula is C13H14BrN3S2. The fraction of sp³-hybridized carbons (Fsp3) is 0.231. The van der Waals surface area contributed by atoms with E-state index in [2.05, 4.69) is 31.2 Å². The van der Waals surface area contributed by atoms with Gasteiger partial charge in [-0.2, -0.15) is 0 Å². The number of nitrogens with two attached hydrogens (primary N) is 1. The Labute approximate surface area is 130 Å². The summed E-state index contributed by atoms with van der Waals surface area (Å²) in [6, 6.07) is 5.97. The molecule has 0 fully saturated rings. The topological polar surface area (TPSA) is 42.2 Å². The van der Waals surface area contributed by atoms with E-state index in [1.165, 1.54) is 0 Å². The van der Waals surface area contributed by atoms with Crippen molar-refractivity contribution in [3.63, 3.8) is 0 Å². The summed E-state index contributed by atoms with van der Waals surface area (Å²) >= 11 is 10.2. The van der Waals surface area contributed by atoms with Gasteiger partial charge in [0.15, 0.2) is 0 Å². The fourth-order valence-electron chi connectivity index (χ4n) is 1.76. The van der Waals surface area contributed by atoms with Crippen molar-refractivity contribution >= 4 is 50.2 Å². The second-order valence-corrected chi connectivity index (χ2v) is 6.60. The summed E-state index contributed by atoms with van der Waals surface area (Å²) in [6.07, 6.45) is 0. The van der Waals surface area contributed by atoms with Gasteiger partial charge in [-0.15, -0.1) is 11.3 Å². The van der Waals surface area contributed by atoms with Gasteiger partial charge in [-0.3, -0.25) is 0 Å². The lowest BCUT2D eigenvalue weighted by Crippen LogP contribution is -2.17. The van der Waals surface area contributed by atoms with Gasteiger partial charge in [0.25, 0.3) is 0 Å². The molecule has 0 unspecified atom stereocenters. The highest BCUT2D eigenvalue weighted by Gasteiger charge is 2.08. The van der Waals surface area contributed by atoms with Crippen LogP contribution in [0.5, 0.6) is 0 Å². The van der Waals surface area contributed by atoms with Crippen molar-refractivity contribution < 1.29 is 0 Å². The first-order chi connectivity index (χ1) is 8.97. The Morgan fingerprint density at radius 1 is 1.53 bits per heavy atom. The van der Waals surface area contributed by atoms with E-state index in [4.69, 9.17) is 18.0 Å². The number of aryl methyl sites for hydroxylation is 1. The van der Waals surface area contributed by atoms with Gasteiger partial charge in [0.2, 0.25) is 0 Å². The summed E-state index contributed by atoms with van der Waals surface area (Å²) in [7, 11) is 2.04. The lowest BCUT2D eigenvalue weighted by Gasteiger charge is -2.19. The van der Waals surface area contributed by atoms with Gasteiger partial charge in [-0.05, 0) is 41.1 Å². The monoisotopic (exact) mass is 355 g/mol. The van der Waals surface area contributed by atoms with Crippen LogP contribution in [-0.2, 0) is 6.54 Å². The minimum atomic E-state index is 0.399. The molecule has 1 aromatic carbocycles. The van der Waals surface area contributed by atoms with Crippen LogP contribution in [-0.4, -0.2) is 17.0 Å². The molecule has 0 amide bonds. The van der Waals surface area contributed by atoms with Crippen molar-refractivity contribution in [3.05, 3.63) is 44.3 Å². The van der Waals surface area contributed by atoms with Crippen molar-refractivity contribution in [1.82, 2.24) is 4.98 Å². The number of halogens is 1. The smallest absolute Gasteiger partial charge is 0.105 e. The number of thiazole rings is 1. The van der Waals surface area contributed by atoms with Crippen LogP contribution < -0.4 is 10.6 Å². The van der Waals surface area contributed by atoms with E-state index in [1.807, 2.05) is 32.2 Å². The highest BCUT2D eigenvalue weighted by molar-refractivity contribution is 9.10. The predicted molar refractivity (Wildman–Crippen MR) is 89.0 cm³/mol. The van der Waals surface area contributed by atoms with Crippen molar-refractivity contribution in [1.29, 1.82) is 0 Å². The SMILES string of the molecule is Cc1nc(CN(C)c2ccc(C(N)=S)c(Br)c2)cs1. The number of nitrogens with zero attached hydrogens (tertiary/aromatic N) is 2. The van der Waals surface area contributed by atoms with Crippen LogP contribution in [0.2, 0.25) is 0 Å². The van der Waals surface area contributed by atoms with E-state index < -0.39 is 0 Å². The average Bonchev–Trinajstić information content (AvgIpc) is 2.74. The summed E-state index contributed by atoms with van der Waals surface area (Å²) in [5.74, 6) is 0. The number of hydrogen-bond acceptors (Lipinski definition) is 4. The Bertz CT molecular complexity index is 610. The molecule has 100 valence electrons. The number of benzene rings is 1. The highest BCUT2D eigenvalue weighted by Crippen LogP contribution is 2.24. The molecule has 0 saturated heterocycles. The molecule has 0 atom stereocenters. The van der Waals surface area contributed by atoms with Crippen molar-refractivity contribution in [2.75, 3.05) is 11.9 Å². The molecule has 1 heterocycles. The third-order valence-corrected chi connectivity index (χ3v) is 4.42. The average molecular weight is 356 g/mol. The number of anilines is 1. The number of aromatic nitrogens is 1. The van der Waals surface area contributed by atoms with Gasteiger partial charge in [0, 0.05) is 28.2 Å². The summed E-state index contributed by atoms with van der Waals surface area (Å²) in [4.78, 5) is 7.01. The Hall–Kier alpha value is -0.980. The molecule has 2 N–H and O–H groups in total. The third kappa shape index (κ3) is 3.52. The Balaban J connectivity index is 2.17. The summed E-state index contributed by atoms with van der Waals surface area (Å²) in [6.45, 7) is 2.80. The maximum atomic E-state index is 5.65. The molecule has 3 nitrogen and oxygen atoms in total. The molecule has 0 bridgehead atoms. The Morgan fingerprint density at radius 2 is 2.26 bits per heavy atom. The molecule has 0 aliphatic rings. The normalized spacial score (nSPS) is 10.5. The maximum Gasteiger partial charge on any atom is 0.105 e. The van der Waals surface area contributed by atoms with Crippen LogP contribution >= 0.6 is 39.5 Å². The van der Waals surface area contributed by atoms with E-state index in [1.54, 1.807) is 11.3 Å². The Morgan fingerprint density at radius 3 is 2.79 bits per heavy atom. The third-order valence-electron chi connectivity index (χ3n) is 2.72. The standard InChI is InChI=1S/C13H14BrN3S2/c1-8-16-9(7-19-8)6-17(2)10-3-4-11(13(15)18)12(14)5-10/h3-5,7H,6H2,1-2H3,(H2,15,18). The molecule has 6 heteroatoms. The van der Waals surface area contributed by atoms with Crippen molar-refractivity contribution in [3.8, 4) is 0 Å². The molecule has 2 rings (SSSR count). The number of hydrogen-bond donors (Lipinski definition) is 1. The van der Waals surface area contributed by atoms with Crippen molar-refractivity contribution in [2.45, 2.75) is 13.5 Å². The molecular weight excluding hydrogens is 342 g/mol. The van der Waals surface area contributed by atoms with Crippen molar-refractivity contribution in [2.24, 2.45) is 5.73 Å². The second-order valence-electron chi connectivity index (χ2n) is 4.24. The van der Waals surface area contributed by atoms with E-state index in [0.717, 1.165) is 33.0 Å². The highest BCUT2D eigenvalue weighted by atomic mass is 79.9. The van der Waals surface area contributed by atoms with Gasteiger partial charge in [-0.25, -0.2) is 4.98 Å². The van der Waals surface area contributed by atoms with E-state index in [-0.39, 0.29) is 0 Å². The van der Waals surface area contributed by atoms with Gasteiger partial charge in [-0.1, -0.05) is 12.2 Å². The largest absolute Gasteiger partial charge is 0.389 e. The van der Waals surface area contributed by atoms with Gasteiger partial charge >= 0.3 is 0 Å². The molecule has 0 radical (unpaired) electrons. The van der Waals surface area contributed by atoms with E-state index in [0.29, 0.717) is 4.99 Å². The summed E-state index contributed by atoms with van der Waals surface area (Å²) in [5.41, 5.74) is 8.68. The van der Waals surface area contributed by atoms with E-state index >= 15 is 0 Å². The van der Waals surface area contributed by atoms with Gasteiger partial charge < -0.3 is 10.6 Å².